The smallest absolute Gasteiger partial charge is 0.398 e. The SMILES string of the molecule is CC1(C)OB(c2cc3c(cn2)CC(=O)N3)OC1(C)C. The first-order valence-corrected chi connectivity index (χ1v) is 6.43. The normalized spacial score (nSPS) is 23.4. The Labute approximate surface area is 112 Å². The van der Waals surface area contributed by atoms with Gasteiger partial charge in [-0.25, -0.2) is 0 Å². The van der Waals surface area contributed by atoms with Crippen molar-refractivity contribution >= 4 is 24.3 Å². The van der Waals surface area contributed by atoms with Crippen LogP contribution in [0.25, 0.3) is 0 Å². The van der Waals surface area contributed by atoms with Crippen LogP contribution in [-0.2, 0) is 20.5 Å². The number of aromatic nitrogens is 1. The van der Waals surface area contributed by atoms with Crippen molar-refractivity contribution in [3.63, 3.8) is 0 Å². The topological polar surface area (TPSA) is 60.5 Å². The average molecular weight is 260 g/mol. The number of anilines is 1. The summed E-state index contributed by atoms with van der Waals surface area (Å²) in [5.41, 5.74) is 1.65. The molecule has 0 unspecified atom stereocenters. The molecule has 5 nitrogen and oxygen atoms in total. The third kappa shape index (κ3) is 1.95. The number of rotatable bonds is 1. The first-order valence-electron chi connectivity index (χ1n) is 6.43. The number of nitrogens with one attached hydrogen (secondary N) is 1. The van der Waals surface area contributed by atoms with E-state index in [1.54, 1.807) is 6.20 Å². The maximum absolute atomic E-state index is 11.3. The molecule has 3 heterocycles. The molecule has 0 atom stereocenters. The van der Waals surface area contributed by atoms with Crippen molar-refractivity contribution in [3.8, 4) is 0 Å². The second kappa shape index (κ2) is 3.80. The summed E-state index contributed by atoms with van der Waals surface area (Å²) in [6.07, 6.45) is 2.11. The molecule has 1 aromatic rings. The van der Waals surface area contributed by atoms with E-state index < -0.39 is 7.12 Å². The number of pyridine rings is 1. The van der Waals surface area contributed by atoms with Crippen molar-refractivity contribution < 1.29 is 14.1 Å². The highest BCUT2D eigenvalue weighted by Gasteiger charge is 2.52. The predicted molar refractivity (Wildman–Crippen MR) is 72.3 cm³/mol. The second-order valence-electron chi connectivity index (χ2n) is 6.08. The van der Waals surface area contributed by atoms with Crippen molar-refractivity contribution in [1.29, 1.82) is 0 Å². The van der Waals surface area contributed by atoms with E-state index in [9.17, 15) is 4.79 Å². The van der Waals surface area contributed by atoms with Crippen molar-refractivity contribution in [1.82, 2.24) is 4.98 Å². The van der Waals surface area contributed by atoms with Crippen LogP contribution in [0.15, 0.2) is 12.3 Å². The van der Waals surface area contributed by atoms with Gasteiger partial charge >= 0.3 is 7.12 Å². The van der Waals surface area contributed by atoms with E-state index in [4.69, 9.17) is 9.31 Å². The lowest BCUT2D eigenvalue weighted by Gasteiger charge is -2.32. The molecular weight excluding hydrogens is 243 g/mol. The molecule has 0 aromatic carbocycles. The van der Waals surface area contributed by atoms with Gasteiger partial charge < -0.3 is 14.6 Å². The molecule has 1 fully saturated rings. The van der Waals surface area contributed by atoms with Gasteiger partial charge in [0.1, 0.15) is 0 Å². The minimum atomic E-state index is -0.493. The highest BCUT2D eigenvalue weighted by Crippen LogP contribution is 2.36. The van der Waals surface area contributed by atoms with Crippen molar-refractivity contribution in [3.05, 3.63) is 17.8 Å². The summed E-state index contributed by atoms with van der Waals surface area (Å²) < 4.78 is 11.9. The standard InChI is InChI=1S/C13H17BN2O3/c1-12(2)13(3,4)19-14(18-12)10-6-9-8(7-15-10)5-11(17)16-9/h6-7H,5H2,1-4H3,(H,16,17). The molecule has 0 saturated carbocycles. The number of fused-ring (bicyclic) bond motifs is 1. The summed E-state index contributed by atoms with van der Waals surface area (Å²) in [6, 6.07) is 1.84. The molecule has 2 aliphatic rings. The molecule has 0 spiro atoms. The van der Waals surface area contributed by atoms with Gasteiger partial charge in [-0.15, -0.1) is 0 Å². The van der Waals surface area contributed by atoms with Crippen LogP contribution in [0.4, 0.5) is 5.69 Å². The molecule has 6 heteroatoms. The molecule has 1 saturated heterocycles. The number of carbonyl (C=O) groups excluding carboxylic acids is 1. The summed E-state index contributed by atoms with van der Waals surface area (Å²) in [5.74, 6) is 0.00266. The Morgan fingerprint density at radius 1 is 1.26 bits per heavy atom. The van der Waals surface area contributed by atoms with E-state index >= 15 is 0 Å². The number of hydrogen-bond acceptors (Lipinski definition) is 4. The van der Waals surface area contributed by atoms with Crippen LogP contribution in [0.3, 0.4) is 0 Å². The molecule has 1 aromatic heterocycles. The van der Waals surface area contributed by atoms with Crippen LogP contribution in [0, 0.1) is 0 Å². The summed E-state index contributed by atoms with van der Waals surface area (Å²) in [6.45, 7) is 8.01. The van der Waals surface area contributed by atoms with E-state index in [-0.39, 0.29) is 17.1 Å². The Morgan fingerprint density at radius 3 is 2.53 bits per heavy atom. The molecule has 100 valence electrons. The quantitative estimate of drug-likeness (QED) is 0.761. The molecule has 19 heavy (non-hydrogen) atoms. The summed E-state index contributed by atoms with van der Waals surface area (Å²) in [4.78, 5) is 15.7. The Balaban J connectivity index is 1.90. The number of nitrogens with zero attached hydrogens (tertiary/aromatic N) is 1. The summed E-state index contributed by atoms with van der Waals surface area (Å²) >= 11 is 0. The largest absolute Gasteiger partial charge is 0.514 e. The highest BCUT2D eigenvalue weighted by atomic mass is 16.7. The zero-order valence-corrected chi connectivity index (χ0v) is 11.6. The molecular formula is C13H17BN2O3. The molecule has 0 aliphatic carbocycles. The molecule has 1 N–H and O–H groups in total. The zero-order chi connectivity index (χ0) is 13.8. The van der Waals surface area contributed by atoms with Crippen LogP contribution in [-0.4, -0.2) is 29.2 Å². The van der Waals surface area contributed by atoms with Crippen LogP contribution in [0.2, 0.25) is 0 Å². The van der Waals surface area contributed by atoms with E-state index in [1.807, 2.05) is 33.8 Å². The fourth-order valence-electron chi connectivity index (χ4n) is 2.22. The van der Waals surface area contributed by atoms with Gasteiger partial charge in [-0.3, -0.25) is 9.78 Å². The third-order valence-electron chi connectivity index (χ3n) is 4.13. The lowest BCUT2D eigenvalue weighted by atomic mass is 9.83. The van der Waals surface area contributed by atoms with Gasteiger partial charge in [-0.2, -0.15) is 0 Å². The van der Waals surface area contributed by atoms with Gasteiger partial charge in [0.25, 0.3) is 0 Å². The van der Waals surface area contributed by atoms with Crippen LogP contribution < -0.4 is 10.9 Å². The first-order chi connectivity index (χ1) is 8.78. The van der Waals surface area contributed by atoms with Crippen LogP contribution >= 0.6 is 0 Å². The van der Waals surface area contributed by atoms with Crippen molar-refractivity contribution in [2.75, 3.05) is 5.32 Å². The van der Waals surface area contributed by atoms with Gasteiger partial charge in [0, 0.05) is 17.4 Å². The molecule has 1 amide bonds. The molecule has 3 rings (SSSR count). The second-order valence-corrected chi connectivity index (χ2v) is 6.08. The number of amides is 1. The van der Waals surface area contributed by atoms with Gasteiger partial charge in [0.15, 0.2) is 0 Å². The van der Waals surface area contributed by atoms with Crippen LogP contribution in [0.5, 0.6) is 0 Å². The van der Waals surface area contributed by atoms with Gasteiger partial charge in [0.05, 0.1) is 23.2 Å². The minimum Gasteiger partial charge on any atom is -0.398 e. The lowest BCUT2D eigenvalue weighted by molar-refractivity contribution is -0.115. The lowest BCUT2D eigenvalue weighted by Crippen LogP contribution is -2.41. The predicted octanol–water partition coefficient (Wildman–Crippen LogP) is 0.875. The Morgan fingerprint density at radius 2 is 1.89 bits per heavy atom. The molecule has 0 radical (unpaired) electrons. The maximum Gasteiger partial charge on any atom is 0.514 e. The third-order valence-corrected chi connectivity index (χ3v) is 4.13. The molecule has 0 bridgehead atoms. The Kier molecular flexibility index (Phi) is 2.53. The number of hydrogen-bond donors (Lipinski definition) is 1. The maximum atomic E-state index is 11.3. The Bertz CT molecular complexity index is 541. The van der Waals surface area contributed by atoms with E-state index in [2.05, 4.69) is 10.3 Å². The van der Waals surface area contributed by atoms with E-state index in [0.29, 0.717) is 12.0 Å². The Hall–Kier alpha value is -1.40. The van der Waals surface area contributed by atoms with Crippen molar-refractivity contribution in [2.45, 2.75) is 45.3 Å². The fraction of sp³-hybridized carbons (Fsp3) is 0.538. The number of carbonyl (C=O) groups is 1. The van der Waals surface area contributed by atoms with Gasteiger partial charge in [-0.1, -0.05) is 0 Å². The summed E-state index contributed by atoms with van der Waals surface area (Å²) in [7, 11) is -0.493. The summed E-state index contributed by atoms with van der Waals surface area (Å²) in [5, 5.41) is 2.81. The molecule has 2 aliphatic heterocycles. The van der Waals surface area contributed by atoms with Gasteiger partial charge in [0.2, 0.25) is 5.91 Å². The first kappa shape index (κ1) is 12.6. The van der Waals surface area contributed by atoms with E-state index in [1.165, 1.54) is 0 Å². The van der Waals surface area contributed by atoms with Crippen LogP contribution in [0.1, 0.15) is 33.3 Å². The fourth-order valence-corrected chi connectivity index (χ4v) is 2.22. The van der Waals surface area contributed by atoms with E-state index in [0.717, 1.165) is 11.3 Å². The van der Waals surface area contributed by atoms with Crippen molar-refractivity contribution in [2.24, 2.45) is 0 Å². The zero-order valence-electron chi connectivity index (χ0n) is 11.6. The van der Waals surface area contributed by atoms with Gasteiger partial charge in [-0.05, 0) is 33.8 Å². The monoisotopic (exact) mass is 260 g/mol. The average Bonchev–Trinajstić information content (AvgIpc) is 2.74. The highest BCUT2D eigenvalue weighted by molar-refractivity contribution is 6.61. The minimum absolute atomic E-state index is 0.00266.